The van der Waals surface area contributed by atoms with Crippen molar-refractivity contribution in [1.82, 2.24) is 14.8 Å². The highest BCUT2D eigenvalue weighted by Gasteiger charge is 2.16. The van der Waals surface area contributed by atoms with Gasteiger partial charge in [-0.1, -0.05) is 43.8 Å². The van der Waals surface area contributed by atoms with Gasteiger partial charge < -0.3 is 9.47 Å². The second-order valence-corrected chi connectivity index (χ2v) is 7.24. The first kappa shape index (κ1) is 17.4. The number of hydrogen-bond acceptors (Lipinski definition) is 5. The maximum absolute atomic E-state index is 5.86. The molecule has 3 rings (SSSR count). The van der Waals surface area contributed by atoms with Gasteiger partial charge in [0.25, 0.3) is 0 Å². The zero-order valence-electron chi connectivity index (χ0n) is 14.5. The molecule has 2 aromatic carbocycles. The van der Waals surface area contributed by atoms with Gasteiger partial charge in [-0.2, -0.15) is 0 Å². The molecule has 0 fully saturated rings. The van der Waals surface area contributed by atoms with Crippen molar-refractivity contribution < 1.29 is 9.47 Å². The lowest BCUT2D eigenvalue weighted by Gasteiger charge is -2.12. The smallest absolute Gasteiger partial charge is 0.196 e. The molecule has 0 aliphatic heterocycles. The zero-order chi connectivity index (χ0) is 17.6. The number of aromatic nitrogens is 3. The Kier molecular flexibility index (Phi) is 5.60. The maximum Gasteiger partial charge on any atom is 0.196 e. The van der Waals surface area contributed by atoms with Crippen molar-refractivity contribution in [3.8, 4) is 17.2 Å². The van der Waals surface area contributed by atoms with E-state index in [1.807, 2.05) is 59.2 Å². The van der Waals surface area contributed by atoms with Crippen molar-refractivity contribution in [3.05, 3.63) is 60.4 Å². The van der Waals surface area contributed by atoms with Crippen LogP contribution in [0.1, 0.15) is 19.7 Å². The third-order valence-electron chi connectivity index (χ3n) is 3.48. The van der Waals surface area contributed by atoms with Crippen LogP contribution in [0.2, 0.25) is 0 Å². The quantitative estimate of drug-likeness (QED) is 0.590. The minimum atomic E-state index is 0.349. The summed E-state index contributed by atoms with van der Waals surface area (Å²) < 4.78 is 13.1. The van der Waals surface area contributed by atoms with Gasteiger partial charge in [0.15, 0.2) is 11.0 Å². The minimum absolute atomic E-state index is 0.349. The molecule has 0 spiro atoms. The van der Waals surface area contributed by atoms with E-state index in [0.717, 1.165) is 28.2 Å². The van der Waals surface area contributed by atoms with Crippen LogP contribution < -0.4 is 9.47 Å². The molecular formula is C19H21N3O2S. The predicted molar refractivity (Wildman–Crippen MR) is 99.7 cm³/mol. The molecule has 0 aliphatic rings. The Labute approximate surface area is 152 Å². The monoisotopic (exact) mass is 355 g/mol. The molecule has 6 heteroatoms. The summed E-state index contributed by atoms with van der Waals surface area (Å²) in [4.78, 5) is 0. The molecule has 0 atom stereocenters. The number of methoxy groups -OCH3 is 1. The first-order valence-corrected chi connectivity index (χ1v) is 8.98. The molecule has 5 nitrogen and oxygen atoms in total. The highest BCUT2D eigenvalue weighted by atomic mass is 32.2. The average Bonchev–Trinajstić information content (AvgIpc) is 3.02. The van der Waals surface area contributed by atoms with E-state index in [-0.39, 0.29) is 0 Å². The van der Waals surface area contributed by atoms with Crippen LogP contribution in [0.4, 0.5) is 0 Å². The predicted octanol–water partition coefficient (Wildman–Crippen LogP) is 4.36. The van der Waals surface area contributed by atoms with E-state index < -0.39 is 0 Å². The molecule has 3 aromatic rings. The normalized spacial score (nSPS) is 10.9. The Morgan fingerprint density at radius 3 is 2.32 bits per heavy atom. The minimum Gasteiger partial charge on any atom is -0.497 e. The fourth-order valence-corrected chi connectivity index (χ4v) is 3.16. The molecule has 0 radical (unpaired) electrons. The van der Waals surface area contributed by atoms with E-state index in [4.69, 9.17) is 9.47 Å². The topological polar surface area (TPSA) is 49.2 Å². The van der Waals surface area contributed by atoms with E-state index in [9.17, 15) is 0 Å². The van der Waals surface area contributed by atoms with E-state index in [2.05, 4.69) is 24.0 Å². The summed E-state index contributed by atoms with van der Waals surface area (Å²) in [5.74, 6) is 2.39. The van der Waals surface area contributed by atoms with E-state index in [0.29, 0.717) is 11.9 Å². The molecule has 1 heterocycles. The van der Waals surface area contributed by atoms with Crippen LogP contribution in [0.5, 0.6) is 11.5 Å². The Morgan fingerprint density at radius 1 is 0.960 bits per heavy atom. The largest absolute Gasteiger partial charge is 0.497 e. The van der Waals surface area contributed by atoms with E-state index in [1.54, 1.807) is 18.9 Å². The fraction of sp³-hybridized carbons (Fsp3) is 0.263. The molecule has 0 saturated heterocycles. The molecule has 130 valence electrons. The number of benzene rings is 2. The summed E-state index contributed by atoms with van der Waals surface area (Å²) >= 11 is 1.67. The van der Waals surface area contributed by atoms with Crippen LogP contribution in [-0.2, 0) is 6.61 Å². The lowest BCUT2D eigenvalue weighted by molar-refractivity contribution is 0.293. The maximum atomic E-state index is 5.86. The summed E-state index contributed by atoms with van der Waals surface area (Å²) in [6.07, 6.45) is 0. The van der Waals surface area contributed by atoms with Gasteiger partial charge in [0.1, 0.15) is 18.1 Å². The summed E-state index contributed by atoms with van der Waals surface area (Å²) in [6, 6.07) is 17.6. The lowest BCUT2D eigenvalue weighted by Crippen LogP contribution is -2.07. The summed E-state index contributed by atoms with van der Waals surface area (Å²) in [6.45, 7) is 4.62. The fourth-order valence-electron chi connectivity index (χ4n) is 2.34. The summed E-state index contributed by atoms with van der Waals surface area (Å²) in [7, 11) is 1.66. The van der Waals surface area contributed by atoms with Crippen molar-refractivity contribution in [3.63, 3.8) is 0 Å². The number of nitrogens with zero attached hydrogens (tertiary/aromatic N) is 3. The number of ether oxygens (including phenoxy) is 2. The van der Waals surface area contributed by atoms with Gasteiger partial charge in [0, 0.05) is 10.9 Å². The van der Waals surface area contributed by atoms with Crippen molar-refractivity contribution >= 4 is 11.8 Å². The van der Waals surface area contributed by atoms with Crippen LogP contribution in [-0.4, -0.2) is 27.1 Å². The molecule has 0 bridgehead atoms. The second-order valence-electron chi connectivity index (χ2n) is 5.70. The van der Waals surface area contributed by atoms with E-state index >= 15 is 0 Å². The van der Waals surface area contributed by atoms with Crippen LogP contribution in [0, 0.1) is 0 Å². The molecule has 0 aliphatic carbocycles. The van der Waals surface area contributed by atoms with Gasteiger partial charge in [-0.15, -0.1) is 10.2 Å². The standard InChI is InChI=1S/C19H21N3O2S/c1-14(2)25-19-21-20-18(13-24-17-7-5-4-6-8-17)22(19)15-9-11-16(23-3)12-10-15/h4-12,14H,13H2,1-3H3. The molecule has 0 N–H and O–H groups in total. The Hall–Kier alpha value is -2.47. The summed E-state index contributed by atoms with van der Waals surface area (Å²) in [5.41, 5.74) is 0.987. The van der Waals surface area contributed by atoms with Crippen molar-refractivity contribution in [2.24, 2.45) is 0 Å². The number of para-hydroxylation sites is 1. The second kappa shape index (κ2) is 8.07. The zero-order valence-corrected chi connectivity index (χ0v) is 15.4. The van der Waals surface area contributed by atoms with Crippen molar-refractivity contribution in [1.29, 1.82) is 0 Å². The first-order chi connectivity index (χ1) is 12.2. The van der Waals surface area contributed by atoms with E-state index in [1.165, 1.54) is 0 Å². The SMILES string of the molecule is COc1ccc(-n2c(COc3ccccc3)nnc2SC(C)C)cc1. The Morgan fingerprint density at radius 2 is 1.68 bits per heavy atom. The Bertz CT molecular complexity index is 801. The molecule has 0 amide bonds. The van der Waals surface area contributed by atoms with Crippen LogP contribution in [0.15, 0.2) is 59.8 Å². The van der Waals surface area contributed by atoms with Gasteiger partial charge in [0.05, 0.1) is 7.11 Å². The van der Waals surface area contributed by atoms with Gasteiger partial charge in [-0.3, -0.25) is 4.57 Å². The third-order valence-corrected chi connectivity index (χ3v) is 4.43. The third kappa shape index (κ3) is 4.33. The highest BCUT2D eigenvalue weighted by molar-refractivity contribution is 7.99. The van der Waals surface area contributed by atoms with Crippen molar-refractivity contribution in [2.45, 2.75) is 30.9 Å². The van der Waals surface area contributed by atoms with Crippen molar-refractivity contribution in [2.75, 3.05) is 7.11 Å². The molecular weight excluding hydrogens is 334 g/mol. The van der Waals surface area contributed by atoms with Gasteiger partial charge in [-0.05, 0) is 36.4 Å². The molecule has 1 aromatic heterocycles. The first-order valence-electron chi connectivity index (χ1n) is 8.10. The summed E-state index contributed by atoms with van der Waals surface area (Å²) in [5, 5.41) is 9.95. The number of rotatable bonds is 7. The van der Waals surface area contributed by atoms with Crippen LogP contribution in [0.3, 0.4) is 0 Å². The number of hydrogen-bond donors (Lipinski definition) is 0. The van der Waals surface area contributed by atoms with Crippen LogP contribution in [0.25, 0.3) is 5.69 Å². The molecule has 0 unspecified atom stereocenters. The van der Waals surface area contributed by atoms with Gasteiger partial charge >= 0.3 is 0 Å². The molecule has 0 saturated carbocycles. The highest BCUT2D eigenvalue weighted by Crippen LogP contribution is 2.27. The van der Waals surface area contributed by atoms with Crippen LogP contribution >= 0.6 is 11.8 Å². The Balaban J connectivity index is 1.90. The lowest BCUT2D eigenvalue weighted by atomic mass is 10.3. The van der Waals surface area contributed by atoms with Gasteiger partial charge in [-0.25, -0.2) is 0 Å². The average molecular weight is 355 g/mol. The van der Waals surface area contributed by atoms with Gasteiger partial charge in [0.2, 0.25) is 0 Å². The molecule has 25 heavy (non-hydrogen) atoms. The number of thioether (sulfide) groups is 1.